The van der Waals surface area contributed by atoms with Gasteiger partial charge in [0.2, 0.25) is 5.95 Å². The molecule has 2 rings (SSSR count). The highest BCUT2D eigenvalue weighted by Gasteiger charge is 2.52. The van der Waals surface area contributed by atoms with Gasteiger partial charge in [0.1, 0.15) is 0 Å². The van der Waals surface area contributed by atoms with Crippen molar-refractivity contribution in [3.05, 3.63) is 27.7 Å². The Bertz CT molecular complexity index is 515. The number of hydrogen-bond donors (Lipinski definition) is 2. The van der Waals surface area contributed by atoms with Crippen LogP contribution in [-0.4, -0.2) is 21.3 Å². The van der Waals surface area contributed by atoms with Crippen LogP contribution in [0.4, 0.5) is 4.39 Å². The van der Waals surface area contributed by atoms with Crippen LogP contribution in [0.15, 0.2) is 10.7 Å². The minimum absolute atomic E-state index is 0.132. The second kappa shape index (κ2) is 4.96. The summed E-state index contributed by atoms with van der Waals surface area (Å²) in [6.07, 6.45) is 1.65. The zero-order valence-electron chi connectivity index (χ0n) is 11.0. The lowest BCUT2D eigenvalue weighted by Crippen LogP contribution is -2.56. The lowest BCUT2D eigenvalue weighted by Gasteiger charge is -2.44. The predicted octanol–water partition coefficient (Wildman–Crippen LogP) is 2.08. The fraction of sp³-hybridized carbons (Fsp3) is 0.583. The number of fused-ring (bicyclic) bond motifs is 1. The molecule has 0 bridgehead atoms. The van der Waals surface area contributed by atoms with E-state index < -0.39 is 27.6 Å². The highest BCUT2D eigenvalue weighted by molar-refractivity contribution is 9.10. The van der Waals surface area contributed by atoms with Gasteiger partial charge >= 0.3 is 0 Å². The third kappa shape index (κ3) is 2.31. The van der Waals surface area contributed by atoms with Crippen molar-refractivity contribution in [2.75, 3.05) is 6.61 Å². The Labute approximate surface area is 123 Å². The second-order valence-electron chi connectivity index (χ2n) is 5.33. The molecule has 2 atom stereocenters. The van der Waals surface area contributed by atoms with Gasteiger partial charge in [0.05, 0.1) is 5.54 Å². The Balaban J connectivity index is 2.75. The van der Waals surface area contributed by atoms with E-state index in [1.54, 1.807) is 20.8 Å². The molecule has 0 unspecified atom stereocenters. The van der Waals surface area contributed by atoms with Gasteiger partial charge in [-0.05, 0) is 43.1 Å². The summed E-state index contributed by atoms with van der Waals surface area (Å²) >= 11 is 1.98. The normalized spacial score (nSPS) is 29.1. The van der Waals surface area contributed by atoms with Gasteiger partial charge in [0, 0.05) is 39.8 Å². The van der Waals surface area contributed by atoms with E-state index in [2.05, 4.69) is 25.6 Å². The van der Waals surface area contributed by atoms with Crippen molar-refractivity contribution in [3.8, 4) is 0 Å². The van der Waals surface area contributed by atoms with E-state index in [0.29, 0.717) is 15.6 Å². The minimum atomic E-state index is -1.39. The first-order chi connectivity index (χ1) is 8.74. The molecule has 1 aliphatic rings. The van der Waals surface area contributed by atoms with Crippen molar-refractivity contribution >= 4 is 27.3 Å². The average Bonchev–Trinajstić information content (AvgIpc) is 2.30. The summed E-state index contributed by atoms with van der Waals surface area (Å²) < 4.78 is 29.4. The number of nitrogens with one attached hydrogen (secondary N) is 1. The molecule has 0 amide bonds. The van der Waals surface area contributed by atoms with E-state index in [-0.39, 0.29) is 13.0 Å². The molecular formula is C12H16BrFN2O2S. The smallest absolute Gasteiger partial charge is 0.218 e. The summed E-state index contributed by atoms with van der Waals surface area (Å²) in [5.74, 6) is -0.591. The van der Waals surface area contributed by atoms with Crippen molar-refractivity contribution in [1.29, 1.82) is 0 Å². The maximum atomic E-state index is 14.2. The molecule has 1 aliphatic heterocycles. The number of nitrogens with zero attached hydrogens (tertiary/aromatic N) is 1. The Morgan fingerprint density at radius 3 is 2.68 bits per heavy atom. The van der Waals surface area contributed by atoms with Gasteiger partial charge in [-0.25, -0.2) is 4.98 Å². The van der Waals surface area contributed by atoms with Crippen molar-refractivity contribution < 1.29 is 14.0 Å². The molecule has 0 saturated carbocycles. The van der Waals surface area contributed by atoms with Gasteiger partial charge in [-0.3, -0.25) is 0 Å². The molecule has 2 N–H and O–H groups in total. The predicted molar refractivity (Wildman–Crippen MR) is 75.3 cm³/mol. The number of rotatable bonds is 2. The molecule has 4 nitrogen and oxygen atoms in total. The van der Waals surface area contributed by atoms with Crippen molar-refractivity contribution in [3.63, 3.8) is 0 Å². The summed E-state index contributed by atoms with van der Waals surface area (Å²) in [6, 6.07) is 0. The van der Waals surface area contributed by atoms with Crippen LogP contribution < -0.4 is 4.72 Å². The van der Waals surface area contributed by atoms with Crippen LogP contribution in [-0.2, 0) is 21.6 Å². The molecular weight excluding hydrogens is 335 g/mol. The number of halogens is 2. The van der Waals surface area contributed by atoms with Crippen LogP contribution in [0, 0.1) is 5.95 Å². The van der Waals surface area contributed by atoms with E-state index in [1.165, 1.54) is 6.20 Å². The van der Waals surface area contributed by atoms with Crippen LogP contribution in [0.25, 0.3) is 0 Å². The number of aliphatic hydroxyl groups excluding tert-OH is 1. The summed E-state index contributed by atoms with van der Waals surface area (Å²) in [7, 11) is 0. The zero-order valence-corrected chi connectivity index (χ0v) is 13.4. The molecule has 1 aromatic heterocycles. The van der Waals surface area contributed by atoms with E-state index >= 15 is 0 Å². The van der Waals surface area contributed by atoms with Crippen molar-refractivity contribution in [2.45, 2.75) is 37.5 Å². The van der Waals surface area contributed by atoms with E-state index in [9.17, 15) is 14.0 Å². The van der Waals surface area contributed by atoms with Gasteiger partial charge in [-0.2, -0.15) is 4.39 Å². The Morgan fingerprint density at radius 1 is 1.47 bits per heavy atom. The molecule has 0 radical (unpaired) electrons. The Hall–Kier alpha value is -0.210. The maximum absolute atomic E-state index is 14.2. The highest BCUT2D eigenvalue weighted by atomic mass is 79.9. The molecule has 0 fully saturated rings. The first kappa shape index (κ1) is 15.2. The molecule has 1 aromatic rings. The van der Waals surface area contributed by atoms with Gasteiger partial charge in [-0.1, -0.05) is 0 Å². The lowest BCUT2D eigenvalue weighted by atomic mass is 9.83. The van der Waals surface area contributed by atoms with E-state index in [4.69, 9.17) is 0 Å². The van der Waals surface area contributed by atoms with Gasteiger partial charge in [0.25, 0.3) is 0 Å². The second-order valence-corrected chi connectivity index (χ2v) is 7.95. The third-order valence-electron chi connectivity index (χ3n) is 3.53. The van der Waals surface area contributed by atoms with Crippen molar-refractivity contribution in [1.82, 2.24) is 9.71 Å². The number of pyridine rings is 1. The monoisotopic (exact) mass is 350 g/mol. The first-order valence-corrected chi connectivity index (χ1v) is 7.84. The highest BCUT2D eigenvalue weighted by Crippen LogP contribution is 2.46. The molecule has 106 valence electrons. The largest absolute Gasteiger partial charge is 0.597 e. The van der Waals surface area contributed by atoms with E-state index in [1.807, 2.05) is 0 Å². The fourth-order valence-electron chi connectivity index (χ4n) is 2.43. The van der Waals surface area contributed by atoms with Gasteiger partial charge in [-0.15, -0.1) is 4.72 Å². The van der Waals surface area contributed by atoms with Crippen LogP contribution >= 0.6 is 15.9 Å². The number of hydrogen-bond acceptors (Lipinski definition) is 4. The molecule has 0 aromatic carbocycles. The standard InChI is InChI=1S/C12H16BrFN2O2S/c1-11(2)8-7(13)6-15-10(14)9(8)12(3,4-5-17)16-19(11)18/h6,16-17H,4-5H2,1-3H3/t12-,19+/m0/s1. The number of aliphatic hydroxyl groups is 1. The lowest BCUT2D eigenvalue weighted by molar-refractivity contribution is 0.228. The quantitative estimate of drug-likeness (QED) is 0.632. The molecule has 19 heavy (non-hydrogen) atoms. The molecule has 7 heteroatoms. The van der Waals surface area contributed by atoms with Crippen LogP contribution in [0.2, 0.25) is 0 Å². The maximum Gasteiger partial charge on any atom is 0.218 e. The Kier molecular flexibility index (Phi) is 3.97. The molecule has 0 saturated heterocycles. The fourth-order valence-corrected chi connectivity index (χ4v) is 4.63. The Morgan fingerprint density at radius 2 is 2.11 bits per heavy atom. The summed E-state index contributed by atoms with van der Waals surface area (Å²) in [6.45, 7) is 5.17. The number of aromatic nitrogens is 1. The van der Waals surface area contributed by atoms with Gasteiger partial charge in [0.15, 0.2) is 4.75 Å². The van der Waals surface area contributed by atoms with Crippen molar-refractivity contribution in [2.24, 2.45) is 0 Å². The zero-order chi connectivity index (χ0) is 14.4. The van der Waals surface area contributed by atoms with E-state index in [0.717, 1.165) is 0 Å². The topological polar surface area (TPSA) is 68.2 Å². The third-order valence-corrected chi connectivity index (χ3v) is 5.90. The van der Waals surface area contributed by atoms with Crippen LogP contribution in [0.3, 0.4) is 0 Å². The molecule has 0 spiro atoms. The summed E-state index contributed by atoms with van der Waals surface area (Å²) in [5.41, 5.74) is 0.124. The summed E-state index contributed by atoms with van der Waals surface area (Å²) in [5, 5.41) is 9.19. The van der Waals surface area contributed by atoms with Crippen LogP contribution in [0.5, 0.6) is 0 Å². The minimum Gasteiger partial charge on any atom is -0.597 e. The summed E-state index contributed by atoms with van der Waals surface area (Å²) in [4.78, 5) is 3.73. The molecule has 2 heterocycles. The molecule has 0 aliphatic carbocycles. The SMILES string of the molecule is CC1(C)c2c(Br)cnc(F)c2[C@](C)(CCO)N[S@+]1[O-]. The average molecular weight is 351 g/mol. The van der Waals surface area contributed by atoms with Gasteiger partial charge < -0.3 is 9.66 Å². The van der Waals surface area contributed by atoms with Crippen LogP contribution in [0.1, 0.15) is 38.3 Å². The first-order valence-electron chi connectivity index (χ1n) is 5.89.